The summed E-state index contributed by atoms with van der Waals surface area (Å²) in [6, 6.07) is 21.2. The zero-order chi connectivity index (χ0) is 19.8. The largest absolute Gasteiger partial charge is 0.493 e. The van der Waals surface area contributed by atoms with Crippen molar-refractivity contribution in [3.8, 4) is 11.5 Å². The molecule has 28 heavy (non-hydrogen) atoms. The maximum absolute atomic E-state index is 13.2. The van der Waals surface area contributed by atoms with Gasteiger partial charge in [-0.15, -0.1) is 0 Å². The molecule has 0 spiro atoms. The molecule has 0 atom stereocenters. The van der Waals surface area contributed by atoms with Crippen molar-refractivity contribution in [1.82, 2.24) is 5.32 Å². The maximum Gasteiger partial charge on any atom is 0.251 e. The number of hydrogen-bond donors (Lipinski definition) is 1. The van der Waals surface area contributed by atoms with Gasteiger partial charge in [-0.25, -0.2) is 4.39 Å². The molecule has 0 fully saturated rings. The number of carbonyl (C=O) groups is 1. The molecule has 3 aromatic carbocycles. The molecule has 0 saturated heterocycles. The van der Waals surface area contributed by atoms with Crippen molar-refractivity contribution in [2.45, 2.75) is 13.0 Å². The first-order chi connectivity index (χ1) is 13.7. The summed E-state index contributed by atoms with van der Waals surface area (Å²) in [6.07, 6.45) is 0.554. The highest BCUT2D eigenvalue weighted by Crippen LogP contribution is 2.28. The number of benzene rings is 3. The molecule has 0 aliphatic rings. The first-order valence-electron chi connectivity index (χ1n) is 9.03. The number of nitrogens with one attached hydrogen (secondary N) is 1. The van der Waals surface area contributed by atoms with Crippen LogP contribution in [0.3, 0.4) is 0 Å². The van der Waals surface area contributed by atoms with Gasteiger partial charge < -0.3 is 14.8 Å². The average Bonchev–Trinajstić information content (AvgIpc) is 2.73. The van der Waals surface area contributed by atoms with Gasteiger partial charge in [0.25, 0.3) is 5.91 Å². The van der Waals surface area contributed by atoms with Gasteiger partial charge in [-0.1, -0.05) is 42.5 Å². The third-order valence-corrected chi connectivity index (χ3v) is 4.25. The first kappa shape index (κ1) is 19.4. The van der Waals surface area contributed by atoms with Crippen LogP contribution in [0.5, 0.6) is 11.5 Å². The number of methoxy groups -OCH3 is 1. The minimum atomic E-state index is -0.278. The van der Waals surface area contributed by atoms with Crippen LogP contribution in [0.1, 0.15) is 21.5 Å². The van der Waals surface area contributed by atoms with E-state index in [2.05, 4.69) is 5.32 Å². The molecule has 1 N–H and O–H groups in total. The summed E-state index contributed by atoms with van der Waals surface area (Å²) in [4.78, 5) is 12.4. The Hall–Kier alpha value is -3.34. The van der Waals surface area contributed by atoms with Gasteiger partial charge in [-0.3, -0.25) is 4.79 Å². The summed E-state index contributed by atoms with van der Waals surface area (Å²) in [5.41, 5.74) is 2.36. The second-order valence-electron chi connectivity index (χ2n) is 6.28. The van der Waals surface area contributed by atoms with Crippen molar-refractivity contribution in [3.05, 3.63) is 95.3 Å². The Labute approximate surface area is 163 Å². The Morgan fingerprint density at radius 2 is 1.71 bits per heavy atom. The summed E-state index contributed by atoms with van der Waals surface area (Å²) in [5, 5.41) is 2.84. The van der Waals surface area contributed by atoms with Gasteiger partial charge in [0.15, 0.2) is 11.5 Å². The van der Waals surface area contributed by atoms with Crippen molar-refractivity contribution in [1.29, 1.82) is 0 Å². The van der Waals surface area contributed by atoms with E-state index in [1.54, 1.807) is 24.3 Å². The molecule has 0 aromatic heterocycles. The number of hydrogen-bond acceptors (Lipinski definition) is 3. The number of halogens is 1. The van der Waals surface area contributed by atoms with Crippen LogP contribution in [0.4, 0.5) is 4.39 Å². The second kappa shape index (κ2) is 9.55. The normalized spacial score (nSPS) is 10.4. The Bertz CT molecular complexity index is 928. The van der Waals surface area contributed by atoms with E-state index >= 15 is 0 Å². The van der Waals surface area contributed by atoms with Crippen molar-refractivity contribution in [2.75, 3.05) is 13.7 Å². The summed E-state index contributed by atoms with van der Waals surface area (Å²) in [6.45, 7) is 0.827. The summed E-state index contributed by atoms with van der Waals surface area (Å²) >= 11 is 0. The molecule has 0 saturated carbocycles. The number of carbonyl (C=O) groups excluding carboxylic acids is 1. The molecule has 0 heterocycles. The molecule has 3 aromatic rings. The monoisotopic (exact) mass is 379 g/mol. The first-order valence-corrected chi connectivity index (χ1v) is 9.03. The van der Waals surface area contributed by atoms with Gasteiger partial charge in [0.05, 0.1) is 7.11 Å². The molecular weight excluding hydrogens is 357 g/mol. The zero-order valence-corrected chi connectivity index (χ0v) is 15.7. The highest BCUT2D eigenvalue weighted by molar-refractivity contribution is 5.94. The molecule has 0 radical (unpaired) electrons. The number of ether oxygens (including phenoxy) is 2. The molecule has 0 aliphatic carbocycles. The third-order valence-electron chi connectivity index (χ3n) is 4.25. The molecule has 144 valence electrons. The quantitative estimate of drug-likeness (QED) is 0.632. The van der Waals surface area contributed by atoms with Gasteiger partial charge >= 0.3 is 0 Å². The van der Waals surface area contributed by atoms with Crippen molar-refractivity contribution < 1.29 is 18.7 Å². The predicted molar refractivity (Wildman–Crippen MR) is 106 cm³/mol. The van der Waals surface area contributed by atoms with Gasteiger partial charge in [0, 0.05) is 12.1 Å². The molecular formula is C23H22FNO3. The zero-order valence-electron chi connectivity index (χ0n) is 15.7. The van der Waals surface area contributed by atoms with Crippen LogP contribution in [-0.4, -0.2) is 19.6 Å². The lowest BCUT2D eigenvalue weighted by molar-refractivity contribution is 0.0953. The minimum Gasteiger partial charge on any atom is -0.493 e. The van der Waals surface area contributed by atoms with Gasteiger partial charge in [-0.05, 0) is 47.9 Å². The molecule has 1 amide bonds. The summed E-state index contributed by atoms with van der Waals surface area (Å²) in [5.74, 6) is 0.570. The van der Waals surface area contributed by atoms with Gasteiger partial charge in [0.1, 0.15) is 12.4 Å². The maximum atomic E-state index is 13.2. The molecule has 0 bridgehead atoms. The van der Waals surface area contributed by atoms with Crippen LogP contribution in [0, 0.1) is 5.82 Å². The Morgan fingerprint density at radius 3 is 2.46 bits per heavy atom. The van der Waals surface area contributed by atoms with E-state index < -0.39 is 0 Å². The highest BCUT2D eigenvalue weighted by Gasteiger charge is 2.11. The van der Waals surface area contributed by atoms with Crippen molar-refractivity contribution in [3.63, 3.8) is 0 Å². The van der Waals surface area contributed by atoms with Crippen LogP contribution < -0.4 is 14.8 Å². The Balaban J connectivity index is 1.58. The van der Waals surface area contributed by atoms with Gasteiger partial charge in [-0.2, -0.15) is 0 Å². The molecule has 3 rings (SSSR count). The molecule has 5 heteroatoms. The van der Waals surface area contributed by atoms with Crippen molar-refractivity contribution in [2.24, 2.45) is 0 Å². The summed E-state index contributed by atoms with van der Waals surface area (Å²) in [7, 11) is 1.54. The molecule has 4 nitrogen and oxygen atoms in total. The smallest absolute Gasteiger partial charge is 0.251 e. The van der Waals surface area contributed by atoms with Crippen LogP contribution in [0.15, 0.2) is 72.8 Å². The fourth-order valence-corrected chi connectivity index (χ4v) is 2.78. The van der Waals surface area contributed by atoms with Crippen LogP contribution in [0.25, 0.3) is 0 Å². The fourth-order valence-electron chi connectivity index (χ4n) is 2.78. The summed E-state index contributed by atoms with van der Waals surface area (Å²) < 4.78 is 24.4. The van der Waals surface area contributed by atoms with E-state index in [0.29, 0.717) is 36.6 Å². The fraction of sp³-hybridized carbons (Fsp3) is 0.174. The highest BCUT2D eigenvalue weighted by atomic mass is 19.1. The topological polar surface area (TPSA) is 47.6 Å². The average molecular weight is 379 g/mol. The standard InChI is InChI=1S/C23H22FNO3/c1-27-22-15-19(10-11-21(22)28-16-18-6-3-2-4-7-18)23(26)25-13-12-17-8-5-9-20(24)14-17/h2-11,14-15H,12-13,16H2,1H3,(H,25,26). The number of rotatable bonds is 8. The number of amides is 1. The van der Waals surface area contributed by atoms with E-state index in [-0.39, 0.29) is 11.7 Å². The van der Waals surface area contributed by atoms with Crippen LogP contribution >= 0.6 is 0 Å². The van der Waals surface area contributed by atoms with Crippen molar-refractivity contribution >= 4 is 5.91 Å². The molecule has 0 unspecified atom stereocenters. The Morgan fingerprint density at radius 1 is 0.929 bits per heavy atom. The van der Waals surface area contributed by atoms with Gasteiger partial charge in [0.2, 0.25) is 0 Å². The van der Waals surface area contributed by atoms with E-state index in [1.807, 2.05) is 36.4 Å². The van der Waals surface area contributed by atoms with E-state index in [0.717, 1.165) is 11.1 Å². The lowest BCUT2D eigenvalue weighted by atomic mass is 10.1. The van der Waals surface area contributed by atoms with E-state index in [9.17, 15) is 9.18 Å². The lowest BCUT2D eigenvalue weighted by Gasteiger charge is -2.12. The second-order valence-corrected chi connectivity index (χ2v) is 6.28. The van der Waals surface area contributed by atoms with Crippen LogP contribution in [-0.2, 0) is 13.0 Å². The van der Waals surface area contributed by atoms with E-state index in [4.69, 9.17) is 9.47 Å². The minimum absolute atomic E-state index is 0.218. The van der Waals surface area contributed by atoms with Crippen LogP contribution in [0.2, 0.25) is 0 Å². The molecule has 0 aliphatic heterocycles. The van der Waals surface area contributed by atoms with E-state index in [1.165, 1.54) is 19.2 Å². The Kier molecular flexibility index (Phi) is 6.63. The lowest BCUT2D eigenvalue weighted by Crippen LogP contribution is -2.25. The predicted octanol–water partition coefficient (Wildman–Crippen LogP) is 4.39. The third kappa shape index (κ3) is 5.33. The SMILES string of the molecule is COc1cc(C(=O)NCCc2cccc(F)c2)ccc1OCc1ccccc1.